The van der Waals surface area contributed by atoms with Gasteiger partial charge in [-0.2, -0.15) is 0 Å². The SMILES string of the molecule is Nc1nccnc1Oc1ccc(Cl)cc1Br. The maximum atomic E-state index is 5.81. The van der Waals surface area contributed by atoms with Crippen LogP contribution in [0, 0.1) is 0 Å². The summed E-state index contributed by atoms with van der Waals surface area (Å²) in [4.78, 5) is 7.84. The van der Waals surface area contributed by atoms with Crippen LogP contribution in [-0.2, 0) is 0 Å². The monoisotopic (exact) mass is 299 g/mol. The number of nitrogens with zero attached hydrogens (tertiary/aromatic N) is 2. The number of hydrogen-bond acceptors (Lipinski definition) is 4. The molecular weight excluding hydrogens is 293 g/mol. The summed E-state index contributed by atoms with van der Waals surface area (Å²) in [6.07, 6.45) is 3.01. The fourth-order valence-corrected chi connectivity index (χ4v) is 1.84. The van der Waals surface area contributed by atoms with Crippen molar-refractivity contribution >= 4 is 33.3 Å². The van der Waals surface area contributed by atoms with Crippen LogP contribution in [0.5, 0.6) is 11.6 Å². The fraction of sp³-hybridized carbons (Fsp3) is 0. The van der Waals surface area contributed by atoms with Crippen LogP contribution in [0.3, 0.4) is 0 Å². The Morgan fingerprint density at radius 1 is 1.25 bits per heavy atom. The van der Waals surface area contributed by atoms with E-state index >= 15 is 0 Å². The summed E-state index contributed by atoms with van der Waals surface area (Å²) in [5.74, 6) is 1.09. The van der Waals surface area contributed by atoms with Crippen LogP contribution < -0.4 is 10.5 Å². The molecule has 0 saturated carbocycles. The second kappa shape index (κ2) is 4.67. The van der Waals surface area contributed by atoms with E-state index < -0.39 is 0 Å². The molecule has 0 bridgehead atoms. The molecule has 0 aliphatic heterocycles. The Labute approximate surface area is 106 Å². The third kappa shape index (κ3) is 2.43. The minimum Gasteiger partial charge on any atom is -0.435 e. The molecule has 4 nitrogen and oxygen atoms in total. The molecule has 6 heteroatoms. The Hall–Kier alpha value is -1.33. The van der Waals surface area contributed by atoms with Crippen molar-refractivity contribution in [3.63, 3.8) is 0 Å². The van der Waals surface area contributed by atoms with Gasteiger partial charge in [-0.1, -0.05) is 11.6 Å². The lowest BCUT2D eigenvalue weighted by atomic mass is 10.3. The molecule has 2 N–H and O–H groups in total. The Balaban J connectivity index is 2.31. The zero-order valence-corrected chi connectivity index (χ0v) is 10.4. The van der Waals surface area contributed by atoms with Gasteiger partial charge in [-0.3, -0.25) is 0 Å². The number of anilines is 1. The second-order valence-electron chi connectivity index (χ2n) is 2.92. The first-order valence-electron chi connectivity index (χ1n) is 4.36. The fourth-order valence-electron chi connectivity index (χ4n) is 1.08. The van der Waals surface area contributed by atoms with Gasteiger partial charge >= 0.3 is 0 Å². The average Bonchev–Trinajstić information content (AvgIpc) is 2.25. The van der Waals surface area contributed by atoms with Crippen LogP contribution in [0.15, 0.2) is 35.1 Å². The first-order valence-corrected chi connectivity index (χ1v) is 5.53. The highest BCUT2D eigenvalue weighted by Crippen LogP contribution is 2.32. The Kier molecular flexibility index (Phi) is 3.26. The van der Waals surface area contributed by atoms with Crippen LogP contribution in [0.1, 0.15) is 0 Å². The van der Waals surface area contributed by atoms with Crippen LogP contribution >= 0.6 is 27.5 Å². The van der Waals surface area contributed by atoms with Crippen molar-refractivity contribution in [3.8, 4) is 11.6 Å². The highest BCUT2D eigenvalue weighted by atomic mass is 79.9. The molecule has 1 aromatic heterocycles. The normalized spacial score (nSPS) is 10.1. The van der Waals surface area contributed by atoms with Gasteiger partial charge in [0.25, 0.3) is 5.88 Å². The van der Waals surface area contributed by atoms with Gasteiger partial charge in [0, 0.05) is 17.4 Å². The van der Waals surface area contributed by atoms with Gasteiger partial charge in [-0.05, 0) is 34.1 Å². The zero-order valence-electron chi connectivity index (χ0n) is 8.02. The average molecular weight is 301 g/mol. The van der Waals surface area contributed by atoms with Crippen molar-refractivity contribution in [3.05, 3.63) is 40.1 Å². The highest BCUT2D eigenvalue weighted by molar-refractivity contribution is 9.10. The summed E-state index contributed by atoms with van der Waals surface area (Å²) < 4.78 is 6.22. The predicted octanol–water partition coefficient (Wildman–Crippen LogP) is 3.27. The van der Waals surface area contributed by atoms with E-state index in [0.29, 0.717) is 10.8 Å². The molecule has 0 spiro atoms. The van der Waals surface area contributed by atoms with Crippen LogP contribution in [-0.4, -0.2) is 9.97 Å². The van der Waals surface area contributed by atoms with Gasteiger partial charge in [0.05, 0.1) is 4.47 Å². The summed E-state index contributed by atoms with van der Waals surface area (Å²) in [5, 5.41) is 0.617. The molecule has 2 aromatic rings. The summed E-state index contributed by atoms with van der Waals surface area (Å²) in [5.41, 5.74) is 5.61. The van der Waals surface area contributed by atoms with Gasteiger partial charge in [-0.25, -0.2) is 9.97 Å². The standard InChI is InChI=1S/C10H7BrClN3O/c11-7-5-6(12)1-2-8(7)16-10-9(13)14-3-4-15-10/h1-5H,(H2,13,14). The first-order chi connectivity index (χ1) is 7.66. The van der Waals surface area contributed by atoms with E-state index in [9.17, 15) is 0 Å². The smallest absolute Gasteiger partial charge is 0.262 e. The third-order valence-corrected chi connectivity index (χ3v) is 2.65. The van der Waals surface area contributed by atoms with E-state index in [1.807, 2.05) is 0 Å². The molecule has 0 amide bonds. The molecule has 82 valence electrons. The summed E-state index contributed by atoms with van der Waals surface area (Å²) in [7, 11) is 0. The van der Waals surface area contributed by atoms with Gasteiger partial charge in [0.1, 0.15) is 5.75 Å². The number of aromatic nitrogens is 2. The van der Waals surface area contributed by atoms with E-state index in [2.05, 4.69) is 25.9 Å². The van der Waals surface area contributed by atoms with Crippen molar-refractivity contribution < 1.29 is 4.74 Å². The molecule has 0 atom stereocenters. The van der Waals surface area contributed by atoms with Gasteiger partial charge < -0.3 is 10.5 Å². The van der Waals surface area contributed by atoms with E-state index in [-0.39, 0.29) is 11.7 Å². The Bertz CT molecular complexity index is 521. The number of halogens is 2. The number of nitrogen functional groups attached to an aromatic ring is 1. The molecule has 16 heavy (non-hydrogen) atoms. The number of nitrogens with two attached hydrogens (primary N) is 1. The van der Waals surface area contributed by atoms with Crippen LogP contribution in [0.25, 0.3) is 0 Å². The largest absolute Gasteiger partial charge is 0.435 e. The molecule has 1 heterocycles. The van der Waals surface area contributed by atoms with E-state index in [1.165, 1.54) is 12.4 Å². The summed E-state index contributed by atoms with van der Waals surface area (Å²) >= 11 is 9.14. The van der Waals surface area contributed by atoms with Crippen LogP contribution in [0.2, 0.25) is 5.02 Å². The third-order valence-electron chi connectivity index (χ3n) is 1.79. The minimum atomic E-state index is 0.240. The highest BCUT2D eigenvalue weighted by Gasteiger charge is 2.07. The zero-order chi connectivity index (χ0) is 11.5. The second-order valence-corrected chi connectivity index (χ2v) is 4.21. The number of rotatable bonds is 2. The van der Waals surface area contributed by atoms with Crippen LogP contribution in [0.4, 0.5) is 5.82 Å². The molecule has 0 unspecified atom stereocenters. The van der Waals surface area contributed by atoms with E-state index in [1.54, 1.807) is 18.2 Å². The summed E-state index contributed by atoms with van der Waals surface area (Å²) in [6, 6.07) is 5.16. The first kappa shape index (κ1) is 11.2. The van der Waals surface area contributed by atoms with Gasteiger partial charge in [-0.15, -0.1) is 0 Å². The van der Waals surface area contributed by atoms with E-state index in [4.69, 9.17) is 22.1 Å². The molecule has 0 fully saturated rings. The lowest BCUT2D eigenvalue weighted by Gasteiger charge is -2.07. The summed E-state index contributed by atoms with van der Waals surface area (Å²) in [6.45, 7) is 0. The molecule has 0 saturated heterocycles. The predicted molar refractivity (Wildman–Crippen MR) is 65.7 cm³/mol. The molecule has 2 rings (SSSR count). The topological polar surface area (TPSA) is 61.0 Å². The number of benzene rings is 1. The maximum Gasteiger partial charge on any atom is 0.262 e. The lowest BCUT2D eigenvalue weighted by molar-refractivity contribution is 0.460. The maximum absolute atomic E-state index is 5.81. The molecule has 0 aliphatic rings. The van der Waals surface area contributed by atoms with Crippen molar-refractivity contribution in [1.82, 2.24) is 9.97 Å². The molecule has 0 aliphatic carbocycles. The molecular formula is C10H7BrClN3O. The Morgan fingerprint density at radius 3 is 2.69 bits per heavy atom. The van der Waals surface area contributed by atoms with Crippen molar-refractivity contribution in [2.75, 3.05) is 5.73 Å². The molecule has 1 aromatic carbocycles. The quantitative estimate of drug-likeness (QED) is 0.924. The lowest BCUT2D eigenvalue weighted by Crippen LogP contribution is -1.97. The molecule has 0 radical (unpaired) electrons. The number of ether oxygens (including phenoxy) is 1. The van der Waals surface area contributed by atoms with Gasteiger partial charge in [0.15, 0.2) is 5.82 Å². The minimum absolute atomic E-state index is 0.240. The van der Waals surface area contributed by atoms with Crippen molar-refractivity contribution in [1.29, 1.82) is 0 Å². The van der Waals surface area contributed by atoms with Crippen molar-refractivity contribution in [2.24, 2.45) is 0 Å². The number of hydrogen-bond donors (Lipinski definition) is 1. The van der Waals surface area contributed by atoms with Crippen molar-refractivity contribution in [2.45, 2.75) is 0 Å². The Morgan fingerprint density at radius 2 is 2.00 bits per heavy atom. The van der Waals surface area contributed by atoms with E-state index in [0.717, 1.165) is 4.47 Å². The van der Waals surface area contributed by atoms with Gasteiger partial charge in [0.2, 0.25) is 0 Å².